The quantitative estimate of drug-likeness (QED) is 0.357. The van der Waals surface area contributed by atoms with Gasteiger partial charge in [-0.2, -0.15) is 4.98 Å². The topological polar surface area (TPSA) is 104 Å². The molecule has 192 valence electrons. The Bertz CT molecular complexity index is 1350. The summed E-state index contributed by atoms with van der Waals surface area (Å²) in [5.41, 5.74) is 4.72. The van der Waals surface area contributed by atoms with E-state index in [0.717, 1.165) is 50.0 Å². The summed E-state index contributed by atoms with van der Waals surface area (Å²) in [4.78, 5) is 26.5. The molecule has 6 rings (SSSR count). The average molecular weight is 502 g/mol. The number of aromatic nitrogens is 3. The number of nitrogens with zero attached hydrogens (tertiary/aromatic N) is 3. The van der Waals surface area contributed by atoms with E-state index in [1.807, 2.05) is 12.1 Å². The molecule has 8 nitrogen and oxygen atoms in total. The molecule has 0 bridgehead atoms. The highest BCUT2D eigenvalue weighted by atomic mass is 19.1. The van der Waals surface area contributed by atoms with Crippen LogP contribution in [0.2, 0.25) is 0 Å². The van der Waals surface area contributed by atoms with Gasteiger partial charge in [0.1, 0.15) is 18.1 Å². The third kappa shape index (κ3) is 4.87. The van der Waals surface area contributed by atoms with E-state index in [4.69, 9.17) is 0 Å². The fourth-order valence-electron chi connectivity index (χ4n) is 4.96. The minimum absolute atomic E-state index is 0.0686. The van der Waals surface area contributed by atoms with Gasteiger partial charge < -0.3 is 21.3 Å². The predicted octanol–water partition coefficient (Wildman–Crippen LogP) is 4.63. The number of fused-ring (bicyclic) bond motifs is 1. The van der Waals surface area contributed by atoms with Crippen molar-refractivity contribution in [3.8, 4) is 0 Å². The third-order valence-electron chi connectivity index (χ3n) is 7.62. The van der Waals surface area contributed by atoms with Gasteiger partial charge in [-0.15, -0.1) is 0 Å². The lowest BCUT2D eigenvalue weighted by atomic mass is 9.85. The van der Waals surface area contributed by atoms with E-state index in [1.54, 1.807) is 18.5 Å². The zero-order valence-electron chi connectivity index (χ0n) is 21.2. The molecule has 0 saturated heterocycles. The summed E-state index contributed by atoms with van der Waals surface area (Å²) in [5, 5.41) is 13.1. The van der Waals surface area contributed by atoms with Gasteiger partial charge in [0.2, 0.25) is 5.95 Å². The highest BCUT2D eigenvalue weighted by Gasteiger charge is 2.46. The van der Waals surface area contributed by atoms with Crippen LogP contribution in [0, 0.1) is 0 Å². The Balaban J connectivity index is 1.29. The van der Waals surface area contributed by atoms with Crippen molar-refractivity contribution in [1.29, 1.82) is 0 Å². The van der Waals surface area contributed by atoms with Crippen molar-refractivity contribution in [3.05, 3.63) is 65.1 Å². The largest absolute Gasteiger partial charge is 0.349 e. The van der Waals surface area contributed by atoms with Crippen LogP contribution < -0.4 is 21.3 Å². The van der Waals surface area contributed by atoms with Gasteiger partial charge in [0, 0.05) is 40.8 Å². The molecule has 1 amide bonds. The van der Waals surface area contributed by atoms with Crippen molar-refractivity contribution in [3.63, 3.8) is 0 Å². The molecule has 0 radical (unpaired) electrons. The maximum atomic E-state index is 13.6. The van der Waals surface area contributed by atoms with Gasteiger partial charge in [-0.1, -0.05) is 6.07 Å². The molecule has 3 aliphatic rings. The number of hydrogen-bond acceptors (Lipinski definition) is 7. The van der Waals surface area contributed by atoms with E-state index in [0.29, 0.717) is 23.0 Å². The van der Waals surface area contributed by atoms with Crippen molar-refractivity contribution < 1.29 is 9.18 Å². The van der Waals surface area contributed by atoms with E-state index in [9.17, 15) is 9.18 Å². The molecule has 2 saturated carbocycles. The lowest BCUT2D eigenvalue weighted by Gasteiger charge is -2.34. The zero-order valence-corrected chi connectivity index (χ0v) is 21.2. The molecule has 0 spiro atoms. The maximum absolute atomic E-state index is 13.6. The standard InChI is InChI=1S/C28H32FN7O/c1-27(2)22-6-5-19(13-17(22)7-12-32-27)35-26-31-15-21(25(37)34-18-3-4-18)24(36-26)33-20-8-11-30-23(14-20)28(16-29)9-10-28/h5-6,8,11,13-15,18,32H,3-4,7,9-10,12,16H2,1-2H3,(H,34,37)(H2,30,31,33,35,36). The van der Waals surface area contributed by atoms with Gasteiger partial charge in [-0.05, 0) is 87.9 Å². The normalized spacial score (nSPS) is 19.0. The smallest absolute Gasteiger partial charge is 0.256 e. The Morgan fingerprint density at radius 1 is 1.11 bits per heavy atom. The molecule has 2 aromatic heterocycles. The number of carbonyl (C=O) groups is 1. The summed E-state index contributed by atoms with van der Waals surface area (Å²) < 4.78 is 13.6. The van der Waals surface area contributed by atoms with E-state index >= 15 is 0 Å². The minimum atomic E-state index is -0.473. The summed E-state index contributed by atoms with van der Waals surface area (Å²) in [7, 11) is 0. The number of anilines is 4. The first-order valence-corrected chi connectivity index (χ1v) is 13.0. The molecule has 1 aromatic carbocycles. The Morgan fingerprint density at radius 3 is 2.68 bits per heavy atom. The molecule has 2 aliphatic carbocycles. The van der Waals surface area contributed by atoms with Crippen molar-refractivity contribution in [2.45, 2.75) is 62.9 Å². The molecule has 2 fully saturated rings. The van der Waals surface area contributed by atoms with E-state index in [-0.39, 0.29) is 17.5 Å². The van der Waals surface area contributed by atoms with Crippen LogP contribution >= 0.6 is 0 Å². The number of hydrogen-bond donors (Lipinski definition) is 4. The predicted molar refractivity (Wildman–Crippen MR) is 141 cm³/mol. The number of rotatable bonds is 8. The average Bonchev–Trinajstić information content (AvgIpc) is 3.80. The van der Waals surface area contributed by atoms with Crippen molar-refractivity contribution in [2.24, 2.45) is 0 Å². The highest BCUT2D eigenvalue weighted by Crippen LogP contribution is 2.48. The van der Waals surface area contributed by atoms with Gasteiger partial charge in [0.05, 0.1) is 5.69 Å². The Kier molecular flexibility index (Phi) is 5.82. The molecule has 37 heavy (non-hydrogen) atoms. The second kappa shape index (κ2) is 9.06. The fourth-order valence-corrected chi connectivity index (χ4v) is 4.96. The molecule has 3 aromatic rings. The Hall–Kier alpha value is -3.59. The van der Waals surface area contributed by atoms with Gasteiger partial charge in [0.25, 0.3) is 5.91 Å². The first-order chi connectivity index (χ1) is 17.8. The lowest BCUT2D eigenvalue weighted by Crippen LogP contribution is -2.42. The van der Waals surface area contributed by atoms with Gasteiger partial charge >= 0.3 is 0 Å². The maximum Gasteiger partial charge on any atom is 0.256 e. The second-order valence-corrected chi connectivity index (χ2v) is 11.0. The number of carbonyl (C=O) groups excluding carboxylic acids is 1. The molecule has 9 heteroatoms. The van der Waals surface area contributed by atoms with E-state index in [1.165, 1.54) is 11.1 Å². The number of benzene rings is 1. The first kappa shape index (κ1) is 23.8. The second-order valence-electron chi connectivity index (χ2n) is 11.0. The van der Waals surface area contributed by atoms with Crippen LogP contribution in [0.1, 0.15) is 66.7 Å². The monoisotopic (exact) mass is 501 g/mol. The number of halogens is 1. The van der Waals surface area contributed by atoms with Gasteiger partial charge in [-0.3, -0.25) is 14.2 Å². The van der Waals surface area contributed by atoms with Gasteiger partial charge in [-0.25, -0.2) is 4.98 Å². The molecular weight excluding hydrogens is 469 g/mol. The van der Waals surface area contributed by atoms with Crippen molar-refractivity contribution in [1.82, 2.24) is 25.6 Å². The van der Waals surface area contributed by atoms with Gasteiger partial charge in [0.15, 0.2) is 0 Å². The summed E-state index contributed by atoms with van der Waals surface area (Å²) >= 11 is 0. The SMILES string of the molecule is CC1(C)NCCc2cc(Nc3ncc(C(=O)NC4CC4)c(Nc4ccnc(C5(CF)CC5)c4)n3)ccc21. The van der Waals surface area contributed by atoms with Crippen LogP contribution in [0.15, 0.2) is 42.7 Å². The first-order valence-electron chi connectivity index (χ1n) is 13.0. The summed E-state index contributed by atoms with van der Waals surface area (Å²) in [6.45, 7) is 4.88. The third-order valence-corrected chi connectivity index (χ3v) is 7.62. The van der Waals surface area contributed by atoms with Crippen LogP contribution in [0.3, 0.4) is 0 Å². The molecule has 0 atom stereocenters. The molecule has 3 heterocycles. The summed E-state index contributed by atoms with van der Waals surface area (Å²) in [6, 6.07) is 10.2. The van der Waals surface area contributed by atoms with Crippen LogP contribution in [0.4, 0.5) is 27.5 Å². The molecule has 1 aliphatic heterocycles. The molecule has 4 N–H and O–H groups in total. The van der Waals surface area contributed by atoms with Crippen LogP contribution in [0.5, 0.6) is 0 Å². The van der Waals surface area contributed by atoms with E-state index < -0.39 is 12.1 Å². The van der Waals surface area contributed by atoms with Crippen LogP contribution in [0.25, 0.3) is 0 Å². The summed E-state index contributed by atoms with van der Waals surface area (Å²) in [5.74, 6) is 0.563. The number of nitrogens with one attached hydrogen (secondary N) is 4. The van der Waals surface area contributed by atoms with Crippen LogP contribution in [-0.4, -0.2) is 40.1 Å². The highest BCUT2D eigenvalue weighted by molar-refractivity contribution is 5.99. The number of amides is 1. The molecule has 0 unspecified atom stereocenters. The van der Waals surface area contributed by atoms with Crippen LogP contribution in [-0.2, 0) is 17.4 Å². The fraction of sp³-hybridized carbons (Fsp3) is 0.429. The Labute approximate surface area is 215 Å². The van der Waals surface area contributed by atoms with Crippen molar-refractivity contribution >= 4 is 29.0 Å². The van der Waals surface area contributed by atoms with Crippen molar-refractivity contribution in [2.75, 3.05) is 23.9 Å². The van der Waals surface area contributed by atoms with E-state index in [2.05, 4.69) is 62.2 Å². The lowest BCUT2D eigenvalue weighted by molar-refractivity contribution is 0.0951. The Morgan fingerprint density at radius 2 is 1.92 bits per heavy atom. The summed E-state index contributed by atoms with van der Waals surface area (Å²) in [6.07, 6.45) is 7.73. The number of alkyl halides is 1. The zero-order chi connectivity index (χ0) is 25.6. The minimum Gasteiger partial charge on any atom is -0.349 e. The number of pyridine rings is 1. The molecular formula is C28H32FN7O.